The Labute approximate surface area is 130 Å². The van der Waals surface area contributed by atoms with Crippen molar-refractivity contribution in [1.82, 2.24) is 14.5 Å². The summed E-state index contributed by atoms with van der Waals surface area (Å²) in [5, 5.41) is 6.80. The van der Waals surface area contributed by atoms with E-state index in [9.17, 15) is 0 Å². The van der Waals surface area contributed by atoms with Crippen LogP contribution in [-0.4, -0.2) is 14.5 Å². The summed E-state index contributed by atoms with van der Waals surface area (Å²) in [4.78, 5) is 9.16. The lowest BCUT2D eigenvalue weighted by molar-refractivity contribution is 0.355. The van der Waals surface area contributed by atoms with Crippen LogP contribution in [0.25, 0.3) is 0 Å². The molecular formula is C16H24N4S. The summed E-state index contributed by atoms with van der Waals surface area (Å²) < 4.78 is 2.37. The number of nitrogens with zero attached hydrogens (tertiary/aromatic N) is 3. The molecule has 2 aromatic rings. The van der Waals surface area contributed by atoms with Crippen LogP contribution in [0.15, 0.2) is 17.8 Å². The quantitative estimate of drug-likeness (QED) is 0.869. The van der Waals surface area contributed by atoms with Crippen molar-refractivity contribution in [2.45, 2.75) is 64.5 Å². The highest BCUT2D eigenvalue weighted by atomic mass is 32.1. The van der Waals surface area contributed by atoms with Gasteiger partial charge in [0.25, 0.3) is 0 Å². The number of aromatic nitrogens is 3. The zero-order valence-electron chi connectivity index (χ0n) is 12.9. The minimum absolute atomic E-state index is 0.258. The molecule has 1 fully saturated rings. The molecule has 0 aliphatic heterocycles. The molecule has 21 heavy (non-hydrogen) atoms. The van der Waals surface area contributed by atoms with E-state index in [4.69, 9.17) is 4.98 Å². The predicted molar refractivity (Wildman–Crippen MR) is 87.9 cm³/mol. The standard InChI is InChI=1S/C16H24N4S/c1-3-14(15-17-9-10-21-15)19-16-18-12(2)11-20(16)13-7-5-4-6-8-13/h9-11,13-14H,3-8H2,1-2H3,(H,18,19). The van der Waals surface area contributed by atoms with E-state index in [-0.39, 0.29) is 6.04 Å². The van der Waals surface area contributed by atoms with Crippen LogP contribution in [0.4, 0.5) is 5.95 Å². The minimum Gasteiger partial charge on any atom is -0.346 e. The van der Waals surface area contributed by atoms with Gasteiger partial charge in [0.15, 0.2) is 0 Å². The monoisotopic (exact) mass is 304 g/mol. The molecule has 114 valence electrons. The first-order valence-corrected chi connectivity index (χ1v) is 8.87. The lowest BCUT2D eigenvalue weighted by Crippen LogP contribution is -2.18. The molecular weight excluding hydrogens is 280 g/mol. The van der Waals surface area contributed by atoms with Crippen molar-refractivity contribution in [3.63, 3.8) is 0 Å². The fourth-order valence-electron chi connectivity index (χ4n) is 3.16. The molecule has 0 radical (unpaired) electrons. The van der Waals surface area contributed by atoms with Gasteiger partial charge in [-0.15, -0.1) is 11.3 Å². The fraction of sp³-hybridized carbons (Fsp3) is 0.625. The molecule has 0 amide bonds. The maximum absolute atomic E-state index is 4.71. The van der Waals surface area contributed by atoms with Crippen LogP contribution < -0.4 is 5.32 Å². The summed E-state index contributed by atoms with van der Waals surface area (Å²) in [7, 11) is 0. The van der Waals surface area contributed by atoms with Crippen LogP contribution in [0.1, 0.15) is 68.2 Å². The van der Waals surface area contributed by atoms with E-state index in [1.54, 1.807) is 11.3 Å². The molecule has 1 saturated carbocycles. The molecule has 1 N–H and O–H groups in total. The molecule has 0 saturated heterocycles. The van der Waals surface area contributed by atoms with Gasteiger partial charge in [-0.25, -0.2) is 9.97 Å². The highest BCUT2D eigenvalue weighted by Crippen LogP contribution is 2.32. The maximum atomic E-state index is 4.71. The second kappa shape index (κ2) is 6.60. The first-order chi connectivity index (χ1) is 10.3. The van der Waals surface area contributed by atoms with Crippen LogP contribution in [-0.2, 0) is 0 Å². The van der Waals surface area contributed by atoms with Crippen LogP contribution in [0.5, 0.6) is 0 Å². The normalized spacial score (nSPS) is 17.8. The van der Waals surface area contributed by atoms with Crippen molar-refractivity contribution in [2.24, 2.45) is 0 Å². The average molecular weight is 304 g/mol. The summed E-state index contributed by atoms with van der Waals surface area (Å²) >= 11 is 1.71. The van der Waals surface area contributed by atoms with Crippen molar-refractivity contribution in [3.05, 3.63) is 28.5 Å². The van der Waals surface area contributed by atoms with Crippen molar-refractivity contribution in [3.8, 4) is 0 Å². The van der Waals surface area contributed by atoms with Gasteiger partial charge in [0.2, 0.25) is 5.95 Å². The molecule has 1 atom stereocenters. The Hall–Kier alpha value is -1.36. The molecule has 0 bridgehead atoms. The minimum atomic E-state index is 0.258. The summed E-state index contributed by atoms with van der Waals surface area (Å²) in [6.07, 6.45) is 11.7. The Morgan fingerprint density at radius 1 is 1.38 bits per heavy atom. The molecule has 3 rings (SSSR count). The molecule has 5 heteroatoms. The third kappa shape index (κ3) is 3.28. The maximum Gasteiger partial charge on any atom is 0.203 e. The van der Waals surface area contributed by atoms with E-state index < -0.39 is 0 Å². The van der Waals surface area contributed by atoms with Crippen LogP contribution in [0.2, 0.25) is 0 Å². The average Bonchev–Trinajstić information content (AvgIpc) is 3.15. The number of anilines is 1. The van der Waals surface area contributed by atoms with Gasteiger partial charge in [0.05, 0.1) is 11.7 Å². The van der Waals surface area contributed by atoms with E-state index in [1.165, 1.54) is 32.1 Å². The van der Waals surface area contributed by atoms with Crippen LogP contribution >= 0.6 is 11.3 Å². The van der Waals surface area contributed by atoms with Gasteiger partial charge >= 0.3 is 0 Å². The van der Waals surface area contributed by atoms with E-state index in [2.05, 4.69) is 34.9 Å². The molecule has 1 unspecified atom stereocenters. The number of hydrogen-bond acceptors (Lipinski definition) is 4. The van der Waals surface area contributed by atoms with Crippen LogP contribution in [0.3, 0.4) is 0 Å². The Kier molecular flexibility index (Phi) is 4.58. The first-order valence-electron chi connectivity index (χ1n) is 7.99. The predicted octanol–water partition coefficient (Wildman–Crippen LogP) is 4.72. The van der Waals surface area contributed by atoms with Gasteiger partial charge in [-0.05, 0) is 26.2 Å². The number of nitrogens with one attached hydrogen (secondary N) is 1. The molecule has 1 aliphatic carbocycles. The summed E-state index contributed by atoms with van der Waals surface area (Å²) in [5.74, 6) is 1.02. The lowest BCUT2D eigenvalue weighted by Gasteiger charge is -2.26. The summed E-state index contributed by atoms with van der Waals surface area (Å²) in [6, 6.07) is 0.866. The van der Waals surface area contributed by atoms with Crippen molar-refractivity contribution >= 4 is 17.3 Å². The van der Waals surface area contributed by atoms with Gasteiger partial charge in [-0.3, -0.25) is 0 Å². The highest BCUT2D eigenvalue weighted by Gasteiger charge is 2.21. The molecule has 0 spiro atoms. The first kappa shape index (κ1) is 14.6. The second-order valence-corrected chi connectivity index (χ2v) is 6.81. The smallest absolute Gasteiger partial charge is 0.203 e. The van der Waals surface area contributed by atoms with Crippen molar-refractivity contribution in [1.29, 1.82) is 0 Å². The molecule has 2 heterocycles. The van der Waals surface area contributed by atoms with Gasteiger partial charge < -0.3 is 9.88 Å². The Morgan fingerprint density at radius 2 is 2.19 bits per heavy atom. The molecule has 1 aliphatic rings. The third-order valence-corrected chi connectivity index (χ3v) is 5.17. The van der Waals surface area contributed by atoms with Crippen LogP contribution in [0, 0.1) is 6.92 Å². The van der Waals surface area contributed by atoms with Crippen molar-refractivity contribution in [2.75, 3.05) is 5.32 Å². The Balaban J connectivity index is 1.81. The second-order valence-electron chi connectivity index (χ2n) is 5.88. The Bertz CT molecular complexity index is 555. The zero-order valence-corrected chi connectivity index (χ0v) is 13.7. The molecule has 0 aromatic carbocycles. The third-order valence-electron chi connectivity index (χ3n) is 4.28. The fourth-order valence-corrected chi connectivity index (χ4v) is 3.93. The van der Waals surface area contributed by atoms with E-state index >= 15 is 0 Å². The summed E-state index contributed by atoms with van der Waals surface area (Å²) in [5.41, 5.74) is 1.09. The largest absolute Gasteiger partial charge is 0.346 e. The SMILES string of the molecule is CCC(Nc1nc(C)cn1C1CCCCC1)c1nccs1. The molecule has 2 aromatic heterocycles. The lowest BCUT2D eigenvalue weighted by atomic mass is 9.95. The van der Waals surface area contributed by atoms with E-state index in [0.29, 0.717) is 6.04 Å². The Morgan fingerprint density at radius 3 is 2.86 bits per heavy atom. The zero-order chi connectivity index (χ0) is 14.7. The summed E-state index contributed by atoms with van der Waals surface area (Å²) in [6.45, 7) is 4.27. The number of imidazole rings is 1. The van der Waals surface area contributed by atoms with Gasteiger partial charge in [-0.1, -0.05) is 26.2 Å². The van der Waals surface area contributed by atoms with Crippen molar-refractivity contribution < 1.29 is 0 Å². The van der Waals surface area contributed by atoms with E-state index in [0.717, 1.165) is 23.1 Å². The van der Waals surface area contributed by atoms with Gasteiger partial charge in [0, 0.05) is 23.8 Å². The number of aryl methyl sites for hydroxylation is 1. The number of thiazole rings is 1. The van der Waals surface area contributed by atoms with Gasteiger partial charge in [-0.2, -0.15) is 0 Å². The number of rotatable bonds is 5. The topological polar surface area (TPSA) is 42.7 Å². The highest BCUT2D eigenvalue weighted by molar-refractivity contribution is 7.09. The van der Waals surface area contributed by atoms with Gasteiger partial charge in [0.1, 0.15) is 5.01 Å². The van der Waals surface area contributed by atoms with E-state index in [1.807, 2.05) is 11.6 Å². The molecule has 4 nitrogen and oxygen atoms in total. The number of hydrogen-bond donors (Lipinski definition) is 1.